The Balaban J connectivity index is 1.38. The highest BCUT2D eigenvalue weighted by molar-refractivity contribution is 5.86. The van der Waals surface area contributed by atoms with Crippen molar-refractivity contribution in [3.8, 4) is 39.8 Å². The van der Waals surface area contributed by atoms with Crippen molar-refractivity contribution >= 4 is 17.1 Å². The summed E-state index contributed by atoms with van der Waals surface area (Å²) in [5.74, 6) is -0.361. The highest BCUT2D eigenvalue weighted by atomic mass is 16.4. The summed E-state index contributed by atoms with van der Waals surface area (Å²) in [7, 11) is 0. The normalized spacial score (nSPS) is 14.3. The fraction of sp³-hybridized carbons (Fsp3) is 0.188. The van der Waals surface area contributed by atoms with Crippen molar-refractivity contribution in [3.63, 3.8) is 0 Å². The van der Waals surface area contributed by atoms with Crippen LogP contribution in [0.2, 0.25) is 0 Å². The lowest BCUT2D eigenvalue weighted by molar-refractivity contribution is -0.136. The molecule has 0 saturated heterocycles. The lowest BCUT2D eigenvalue weighted by Gasteiger charge is -2.13. The van der Waals surface area contributed by atoms with Crippen LogP contribution in [-0.4, -0.2) is 27.6 Å². The first-order chi connectivity index (χ1) is 19.0. The number of fused-ring (bicyclic) bond motifs is 2. The maximum Gasteiger partial charge on any atom is 0.304 e. The molecule has 5 aromatic rings. The molecule has 1 unspecified atom stereocenters. The van der Waals surface area contributed by atoms with Crippen LogP contribution in [0.1, 0.15) is 41.1 Å². The quantitative estimate of drug-likeness (QED) is 0.256. The van der Waals surface area contributed by atoms with Gasteiger partial charge >= 0.3 is 5.97 Å². The minimum absolute atomic E-state index is 0.00634. The summed E-state index contributed by atoms with van der Waals surface area (Å²) < 4.78 is 6.27. The van der Waals surface area contributed by atoms with Gasteiger partial charge in [0.05, 0.1) is 6.42 Å². The molecule has 0 bridgehead atoms. The third kappa shape index (κ3) is 4.56. The number of carboxylic acids is 1. The smallest absolute Gasteiger partial charge is 0.304 e. The maximum absolute atomic E-state index is 10.9. The van der Waals surface area contributed by atoms with Gasteiger partial charge in [0, 0.05) is 36.1 Å². The molecule has 0 spiro atoms. The van der Waals surface area contributed by atoms with Crippen LogP contribution in [0.4, 0.5) is 0 Å². The van der Waals surface area contributed by atoms with Crippen molar-refractivity contribution in [1.29, 1.82) is 5.26 Å². The summed E-state index contributed by atoms with van der Waals surface area (Å²) in [5, 5.41) is 22.4. The van der Waals surface area contributed by atoms with Gasteiger partial charge in [-0.05, 0) is 77.4 Å². The molecule has 3 aromatic carbocycles. The number of carbonyl (C=O) groups is 1. The number of rotatable bonds is 7. The number of oxazole rings is 1. The van der Waals surface area contributed by atoms with Crippen molar-refractivity contribution in [2.75, 3.05) is 6.54 Å². The van der Waals surface area contributed by atoms with Crippen LogP contribution in [0.5, 0.6) is 0 Å². The number of hydrogen-bond donors (Lipinski definition) is 2. The van der Waals surface area contributed by atoms with Gasteiger partial charge in [-0.25, -0.2) is 4.98 Å². The Morgan fingerprint density at radius 3 is 2.69 bits per heavy atom. The van der Waals surface area contributed by atoms with Crippen molar-refractivity contribution in [2.45, 2.75) is 32.2 Å². The topological polar surface area (TPSA) is 112 Å². The van der Waals surface area contributed by atoms with Gasteiger partial charge in [0.2, 0.25) is 5.89 Å². The van der Waals surface area contributed by atoms with Crippen LogP contribution in [0.3, 0.4) is 0 Å². The number of benzene rings is 3. The lowest BCUT2D eigenvalue weighted by Crippen LogP contribution is -2.22. The van der Waals surface area contributed by atoms with E-state index in [0.29, 0.717) is 29.1 Å². The van der Waals surface area contributed by atoms with Gasteiger partial charge in [0.25, 0.3) is 0 Å². The average molecular weight is 515 g/mol. The summed E-state index contributed by atoms with van der Waals surface area (Å²) in [6, 6.07) is 22.7. The van der Waals surface area contributed by atoms with E-state index >= 15 is 0 Å². The molecule has 0 saturated carbocycles. The predicted octanol–water partition coefficient (Wildman–Crippen LogP) is 6.46. The molecular weight excluding hydrogens is 488 g/mol. The van der Waals surface area contributed by atoms with Crippen LogP contribution < -0.4 is 5.32 Å². The molecule has 0 fully saturated rings. The van der Waals surface area contributed by atoms with Crippen LogP contribution >= 0.6 is 0 Å². The molecule has 39 heavy (non-hydrogen) atoms. The molecule has 7 heteroatoms. The van der Waals surface area contributed by atoms with Gasteiger partial charge in [-0.3, -0.25) is 9.78 Å². The summed E-state index contributed by atoms with van der Waals surface area (Å²) >= 11 is 0. The van der Waals surface area contributed by atoms with Gasteiger partial charge in [0.1, 0.15) is 17.1 Å². The second-order valence-corrected chi connectivity index (χ2v) is 9.79. The third-order valence-corrected chi connectivity index (χ3v) is 7.46. The van der Waals surface area contributed by atoms with Crippen molar-refractivity contribution in [2.24, 2.45) is 0 Å². The second-order valence-electron chi connectivity index (χ2n) is 9.79. The Kier molecular flexibility index (Phi) is 6.39. The van der Waals surface area contributed by atoms with Crippen molar-refractivity contribution in [1.82, 2.24) is 15.3 Å². The van der Waals surface area contributed by atoms with Crippen molar-refractivity contribution in [3.05, 3.63) is 95.3 Å². The SMILES string of the molecule is Cc1c(-c2cccc(-c3cccnc3)c2)cccc1-c1nc2cc3c(c(C#N)c2o1)CCC3NCCC(=O)O. The molecule has 1 atom stereocenters. The number of carboxylic acid groups (broad SMARTS) is 1. The monoisotopic (exact) mass is 514 g/mol. The van der Waals surface area contributed by atoms with Gasteiger partial charge < -0.3 is 14.8 Å². The highest BCUT2D eigenvalue weighted by Gasteiger charge is 2.29. The summed E-state index contributed by atoms with van der Waals surface area (Å²) in [4.78, 5) is 20.0. The van der Waals surface area contributed by atoms with E-state index in [0.717, 1.165) is 57.3 Å². The van der Waals surface area contributed by atoms with E-state index in [2.05, 4.69) is 47.6 Å². The van der Waals surface area contributed by atoms with E-state index < -0.39 is 5.97 Å². The van der Waals surface area contributed by atoms with E-state index in [1.54, 1.807) is 6.20 Å². The Morgan fingerprint density at radius 2 is 1.90 bits per heavy atom. The zero-order valence-electron chi connectivity index (χ0n) is 21.4. The number of hydrogen-bond acceptors (Lipinski definition) is 6. The first kappa shape index (κ1) is 24.5. The summed E-state index contributed by atoms with van der Waals surface area (Å²) in [6.07, 6.45) is 5.22. The Labute approximate surface area is 225 Å². The Morgan fingerprint density at radius 1 is 1.10 bits per heavy atom. The molecule has 2 N–H and O–H groups in total. The zero-order chi connectivity index (χ0) is 26.9. The number of pyridine rings is 1. The largest absolute Gasteiger partial charge is 0.481 e. The number of nitriles is 1. The molecule has 192 valence electrons. The number of nitrogens with one attached hydrogen (secondary N) is 1. The molecule has 0 amide bonds. The van der Waals surface area contributed by atoms with E-state index in [1.807, 2.05) is 42.6 Å². The maximum atomic E-state index is 10.9. The molecule has 0 radical (unpaired) electrons. The first-order valence-corrected chi connectivity index (χ1v) is 13.0. The number of nitrogens with zero attached hydrogens (tertiary/aromatic N) is 3. The predicted molar refractivity (Wildman–Crippen MR) is 149 cm³/mol. The van der Waals surface area contributed by atoms with Gasteiger partial charge in [-0.15, -0.1) is 0 Å². The average Bonchev–Trinajstić information content (AvgIpc) is 3.56. The molecular formula is C32H26N4O3. The molecule has 1 aliphatic carbocycles. The first-order valence-electron chi connectivity index (χ1n) is 13.0. The highest BCUT2D eigenvalue weighted by Crippen LogP contribution is 2.40. The molecule has 2 heterocycles. The second kappa shape index (κ2) is 10.2. The van der Waals surface area contributed by atoms with E-state index in [-0.39, 0.29) is 12.5 Å². The van der Waals surface area contributed by atoms with Crippen LogP contribution in [0.25, 0.3) is 44.8 Å². The van der Waals surface area contributed by atoms with Crippen LogP contribution in [-0.2, 0) is 11.2 Å². The van der Waals surface area contributed by atoms with E-state index in [1.165, 1.54) is 0 Å². The molecule has 0 aliphatic heterocycles. The minimum atomic E-state index is -0.837. The molecule has 2 aromatic heterocycles. The summed E-state index contributed by atoms with van der Waals surface area (Å²) in [5.41, 5.74) is 9.82. The van der Waals surface area contributed by atoms with Gasteiger partial charge in [-0.1, -0.05) is 36.4 Å². The third-order valence-electron chi connectivity index (χ3n) is 7.46. The van der Waals surface area contributed by atoms with E-state index in [9.17, 15) is 10.1 Å². The lowest BCUT2D eigenvalue weighted by atomic mass is 9.94. The summed E-state index contributed by atoms with van der Waals surface area (Å²) in [6.45, 7) is 2.43. The number of aromatic nitrogens is 2. The Bertz CT molecular complexity index is 1750. The standard InChI is InChI=1S/C32H26N4O3/c1-19-23(21-6-2-5-20(15-21)22-7-4-13-34-18-22)8-3-9-24(19)32-36-29-16-26-25(27(17-33)31(29)39-32)10-11-28(26)35-14-12-30(37)38/h2-9,13,15-16,18,28,35H,10-12,14H2,1H3,(H,37,38). The zero-order valence-corrected chi connectivity index (χ0v) is 21.4. The Hall–Kier alpha value is -4.80. The molecule has 7 nitrogen and oxygen atoms in total. The van der Waals surface area contributed by atoms with Crippen molar-refractivity contribution < 1.29 is 14.3 Å². The van der Waals surface area contributed by atoms with Crippen LogP contribution in [0, 0.1) is 18.3 Å². The van der Waals surface area contributed by atoms with Gasteiger partial charge in [0.15, 0.2) is 5.58 Å². The fourth-order valence-corrected chi connectivity index (χ4v) is 5.53. The van der Waals surface area contributed by atoms with Crippen LogP contribution in [0.15, 0.2) is 77.5 Å². The fourth-order valence-electron chi connectivity index (χ4n) is 5.53. The molecule has 1 aliphatic rings. The molecule has 6 rings (SSSR count). The minimum Gasteiger partial charge on any atom is -0.481 e. The van der Waals surface area contributed by atoms with E-state index in [4.69, 9.17) is 14.5 Å². The number of aliphatic carboxylic acids is 1. The van der Waals surface area contributed by atoms with Gasteiger partial charge in [-0.2, -0.15) is 5.26 Å².